The van der Waals surface area contributed by atoms with Crippen LogP contribution >= 0.6 is 0 Å². The highest BCUT2D eigenvalue weighted by Crippen LogP contribution is 2.24. The summed E-state index contributed by atoms with van der Waals surface area (Å²) in [5, 5.41) is 10.9. The third-order valence-corrected chi connectivity index (χ3v) is 4.81. The first-order chi connectivity index (χ1) is 12.8. The Kier molecular flexibility index (Phi) is 5.07. The van der Waals surface area contributed by atoms with E-state index in [1.165, 1.54) is 10.8 Å². The van der Waals surface area contributed by atoms with Crippen LogP contribution in [0.5, 0.6) is 0 Å². The minimum absolute atomic E-state index is 0.261. The van der Waals surface area contributed by atoms with Gasteiger partial charge >= 0.3 is 0 Å². The van der Waals surface area contributed by atoms with Gasteiger partial charge in [-0.1, -0.05) is 43.3 Å². The summed E-state index contributed by atoms with van der Waals surface area (Å²) in [6.45, 7) is 4.74. The van der Waals surface area contributed by atoms with Crippen LogP contribution in [0.15, 0.2) is 48.7 Å². The maximum atomic E-state index is 5.93. The summed E-state index contributed by atoms with van der Waals surface area (Å²) in [7, 11) is 0. The maximum absolute atomic E-state index is 5.93. The molecule has 5 nitrogen and oxygen atoms in total. The van der Waals surface area contributed by atoms with E-state index in [0.29, 0.717) is 5.95 Å². The van der Waals surface area contributed by atoms with Crippen LogP contribution < -0.4 is 4.90 Å². The molecule has 134 valence electrons. The summed E-state index contributed by atoms with van der Waals surface area (Å²) in [6.07, 6.45) is 5.25. The molecule has 0 unspecified atom stereocenters. The largest absolute Gasteiger partial charge is 0.376 e. The molecule has 3 aromatic rings. The van der Waals surface area contributed by atoms with E-state index >= 15 is 0 Å². The number of rotatable bonds is 5. The van der Waals surface area contributed by atoms with E-state index in [0.717, 1.165) is 50.2 Å². The van der Waals surface area contributed by atoms with Crippen molar-refractivity contribution in [3.8, 4) is 11.3 Å². The van der Waals surface area contributed by atoms with Crippen molar-refractivity contribution in [2.24, 2.45) is 0 Å². The second kappa shape index (κ2) is 7.79. The average Bonchev–Trinajstić information content (AvgIpc) is 2.72. The molecule has 0 saturated carbocycles. The molecule has 2 heterocycles. The Morgan fingerprint density at radius 1 is 1.15 bits per heavy atom. The van der Waals surface area contributed by atoms with Gasteiger partial charge in [0.05, 0.1) is 18.0 Å². The summed E-state index contributed by atoms with van der Waals surface area (Å²) < 4.78 is 5.93. The smallest absolute Gasteiger partial charge is 0.245 e. The number of hydrogen-bond donors (Lipinski definition) is 0. The van der Waals surface area contributed by atoms with Crippen LogP contribution in [0.25, 0.3) is 22.0 Å². The highest BCUT2D eigenvalue weighted by molar-refractivity contribution is 5.86. The van der Waals surface area contributed by atoms with Crippen LogP contribution in [0, 0.1) is 0 Å². The summed E-state index contributed by atoms with van der Waals surface area (Å²) in [5.41, 5.74) is 1.92. The number of benzene rings is 2. The van der Waals surface area contributed by atoms with E-state index in [4.69, 9.17) is 9.72 Å². The Morgan fingerprint density at radius 2 is 2.04 bits per heavy atom. The predicted octanol–water partition coefficient (Wildman–Crippen LogP) is 4.09. The summed E-state index contributed by atoms with van der Waals surface area (Å²) in [6, 6.07) is 14.7. The minimum Gasteiger partial charge on any atom is -0.376 e. The fourth-order valence-electron chi connectivity index (χ4n) is 3.46. The van der Waals surface area contributed by atoms with Crippen molar-refractivity contribution in [1.82, 2.24) is 15.2 Å². The van der Waals surface area contributed by atoms with E-state index in [-0.39, 0.29) is 6.10 Å². The van der Waals surface area contributed by atoms with E-state index in [1.807, 2.05) is 0 Å². The van der Waals surface area contributed by atoms with Gasteiger partial charge in [-0.15, -0.1) is 5.10 Å². The van der Waals surface area contributed by atoms with Gasteiger partial charge in [0.25, 0.3) is 0 Å². The number of nitrogens with zero attached hydrogens (tertiary/aromatic N) is 4. The molecule has 26 heavy (non-hydrogen) atoms. The van der Waals surface area contributed by atoms with Crippen molar-refractivity contribution < 1.29 is 4.74 Å². The number of anilines is 1. The Labute approximate surface area is 154 Å². The Hall–Kier alpha value is -2.53. The van der Waals surface area contributed by atoms with Gasteiger partial charge in [0, 0.05) is 25.3 Å². The number of fused-ring (bicyclic) bond motifs is 1. The molecule has 1 aromatic heterocycles. The van der Waals surface area contributed by atoms with E-state index in [2.05, 4.69) is 64.5 Å². The molecule has 1 aliphatic rings. The molecule has 1 fully saturated rings. The molecule has 1 aliphatic heterocycles. The van der Waals surface area contributed by atoms with Crippen LogP contribution in [0.1, 0.15) is 26.2 Å². The molecule has 0 amide bonds. The molecule has 5 heteroatoms. The Morgan fingerprint density at radius 3 is 2.92 bits per heavy atom. The first kappa shape index (κ1) is 16.9. The zero-order valence-electron chi connectivity index (χ0n) is 15.1. The monoisotopic (exact) mass is 348 g/mol. The van der Waals surface area contributed by atoms with Crippen molar-refractivity contribution >= 4 is 16.7 Å². The van der Waals surface area contributed by atoms with Gasteiger partial charge in [-0.2, -0.15) is 5.10 Å². The van der Waals surface area contributed by atoms with Gasteiger partial charge < -0.3 is 9.64 Å². The first-order valence-electron chi connectivity index (χ1n) is 9.39. The van der Waals surface area contributed by atoms with E-state index in [1.54, 1.807) is 6.20 Å². The normalized spacial score (nSPS) is 17.6. The maximum Gasteiger partial charge on any atom is 0.245 e. The molecule has 0 bridgehead atoms. The fraction of sp³-hybridized carbons (Fsp3) is 0.381. The molecular formula is C21H24N4O. The molecule has 4 rings (SSSR count). The predicted molar refractivity (Wildman–Crippen MR) is 104 cm³/mol. The summed E-state index contributed by atoms with van der Waals surface area (Å²) in [5.74, 6) is 0.695. The fourth-order valence-corrected chi connectivity index (χ4v) is 3.46. The van der Waals surface area contributed by atoms with Crippen LogP contribution in [0.3, 0.4) is 0 Å². The third kappa shape index (κ3) is 3.68. The number of aromatic nitrogens is 3. The van der Waals surface area contributed by atoms with Gasteiger partial charge in [0.15, 0.2) is 0 Å². The van der Waals surface area contributed by atoms with Crippen molar-refractivity contribution in [3.05, 3.63) is 48.7 Å². The topological polar surface area (TPSA) is 51.1 Å². The molecule has 0 aliphatic carbocycles. The molecule has 2 aromatic carbocycles. The molecule has 0 N–H and O–H groups in total. The molecule has 1 atom stereocenters. The number of hydrogen-bond acceptors (Lipinski definition) is 5. The van der Waals surface area contributed by atoms with Crippen LogP contribution in [0.4, 0.5) is 5.95 Å². The lowest BCUT2D eigenvalue weighted by Crippen LogP contribution is -2.40. The van der Waals surface area contributed by atoms with E-state index in [9.17, 15) is 0 Å². The van der Waals surface area contributed by atoms with Crippen LogP contribution in [-0.2, 0) is 4.74 Å². The van der Waals surface area contributed by atoms with E-state index < -0.39 is 0 Å². The lowest BCUT2D eigenvalue weighted by molar-refractivity contribution is 0.0437. The van der Waals surface area contributed by atoms with Crippen molar-refractivity contribution in [2.75, 3.05) is 24.6 Å². The first-order valence-corrected chi connectivity index (χ1v) is 9.39. The zero-order chi connectivity index (χ0) is 17.8. The lowest BCUT2D eigenvalue weighted by Gasteiger charge is -2.32. The summed E-state index contributed by atoms with van der Waals surface area (Å²) >= 11 is 0. The average molecular weight is 348 g/mol. The minimum atomic E-state index is 0.261. The zero-order valence-corrected chi connectivity index (χ0v) is 15.1. The highest BCUT2D eigenvalue weighted by Gasteiger charge is 2.22. The molecular weight excluding hydrogens is 324 g/mol. The number of ether oxygens (including phenoxy) is 1. The standard InChI is InChI=1S/C21H24N4O/c1-2-12-26-19-8-5-11-25(15-19)21-23-20(14-22-24-21)18-10-9-16-6-3-4-7-17(16)13-18/h3-4,6-7,9-10,13-14,19H,2,5,8,11-12,15H2,1H3/t19-/m1/s1. The number of piperidine rings is 1. The molecule has 1 saturated heterocycles. The quantitative estimate of drug-likeness (QED) is 0.695. The van der Waals surface area contributed by atoms with Gasteiger partial charge in [-0.05, 0) is 36.1 Å². The Balaban J connectivity index is 1.57. The van der Waals surface area contributed by atoms with Gasteiger partial charge in [0.2, 0.25) is 5.95 Å². The van der Waals surface area contributed by atoms with Crippen LogP contribution in [-0.4, -0.2) is 41.0 Å². The van der Waals surface area contributed by atoms with Crippen molar-refractivity contribution in [1.29, 1.82) is 0 Å². The molecule has 0 spiro atoms. The second-order valence-electron chi connectivity index (χ2n) is 6.78. The van der Waals surface area contributed by atoms with Gasteiger partial charge in [-0.3, -0.25) is 0 Å². The Bertz CT molecular complexity index is 883. The second-order valence-corrected chi connectivity index (χ2v) is 6.78. The van der Waals surface area contributed by atoms with Gasteiger partial charge in [-0.25, -0.2) is 4.98 Å². The van der Waals surface area contributed by atoms with Crippen LogP contribution in [0.2, 0.25) is 0 Å². The molecule has 0 radical (unpaired) electrons. The summed E-state index contributed by atoms with van der Waals surface area (Å²) in [4.78, 5) is 6.98. The highest BCUT2D eigenvalue weighted by atomic mass is 16.5. The third-order valence-electron chi connectivity index (χ3n) is 4.81. The van der Waals surface area contributed by atoms with Crippen molar-refractivity contribution in [2.45, 2.75) is 32.3 Å². The lowest BCUT2D eigenvalue weighted by atomic mass is 10.1. The van der Waals surface area contributed by atoms with Crippen molar-refractivity contribution in [3.63, 3.8) is 0 Å². The van der Waals surface area contributed by atoms with Gasteiger partial charge in [0.1, 0.15) is 0 Å². The SMILES string of the molecule is CCCO[C@@H]1CCCN(c2nncc(-c3ccc4ccccc4c3)n2)C1.